The van der Waals surface area contributed by atoms with Gasteiger partial charge in [0.25, 0.3) is 0 Å². The Hall–Kier alpha value is -2.58. The lowest BCUT2D eigenvalue weighted by Crippen LogP contribution is -2.48. The van der Waals surface area contributed by atoms with Gasteiger partial charge in [0.05, 0.1) is 11.9 Å². The summed E-state index contributed by atoms with van der Waals surface area (Å²) in [4.78, 5) is 27.7. The lowest BCUT2D eigenvalue weighted by molar-refractivity contribution is -0.140. The molecule has 0 spiro atoms. The number of carbonyl (C=O) groups is 2. The van der Waals surface area contributed by atoms with Crippen LogP contribution in [0.3, 0.4) is 0 Å². The molecule has 2 aromatic carbocycles. The van der Waals surface area contributed by atoms with Crippen molar-refractivity contribution in [3.8, 4) is 0 Å². The van der Waals surface area contributed by atoms with Gasteiger partial charge in [0.15, 0.2) is 0 Å². The molecule has 0 heterocycles. The molecule has 2 rings (SSSR count). The van der Waals surface area contributed by atoms with E-state index in [-0.39, 0.29) is 24.8 Å². The Balaban J connectivity index is 2.18. The second kappa shape index (κ2) is 13.7. The van der Waals surface area contributed by atoms with Crippen molar-refractivity contribution < 1.29 is 18.0 Å². The standard InChI is InChI=1S/C27H38ClN3O4S/c1-6-7-15-29-27(33)22(4)30(19-23-11-8-10-20(2)17-23)26(32)12-9-16-31(36(5,34)35)25-18-24(28)14-13-21(25)3/h8,10-11,13-14,17-18,22H,6-7,9,12,15-16,19H2,1-5H3,(H,29,33)/t22-/m0/s1. The number of anilines is 1. The maximum atomic E-state index is 13.4. The molecule has 7 nitrogen and oxygen atoms in total. The predicted octanol–water partition coefficient (Wildman–Crippen LogP) is 4.84. The van der Waals surface area contributed by atoms with E-state index in [1.54, 1.807) is 30.0 Å². The van der Waals surface area contributed by atoms with E-state index in [4.69, 9.17) is 11.6 Å². The summed E-state index contributed by atoms with van der Waals surface area (Å²) in [6.07, 6.45) is 3.37. The molecule has 2 amide bonds. The van der Waals surface area contributed by atoms with Crippen molar-refractivity contribution in [1.29, 1.82) is 0 Å². The first kappa shape index (κ1) is 29.6. The van der Waals surface area contributed by atoms with Gasteiger partial charge in [0, 0.05) is 31.1 Å². The maximum Gasteiger partial charge on any atom is 0.242 e. The van der Waals surface area contributed by atoms with Crippen molar-refractivity contribution >= 4 is 39.1 Å². The van der Waals surface area contributed by atoms with E-state index in [1.807, 2.05) is 45.0 Å². The zero-order valence-corrected chi connectivity index (χ0v) is 23.5. The zero-order chi connectivity index (χ0) is 26.9. The normalized spacial score (nSPS) is 12.2. The Morgan fingerprint density at radius 3 is 2.44 bits per heavy atom. The first-order valence-corrected chi connectivity index (χ1v) is 14.5. The number of carbonyl (C=O) groups excluding carboxylic acids is 2. The summed E-state index contributed by atoms with van der Waals surface area (Å²) in [5.74, 6) is -0.400. The monoisotopic (exact) mass is 535 g/mol. The third-order valence-corrected chi connectivity index (χ3v) is 7.44. The third-order valence-electron chi connectivity index (χ3n) is 6.02. The molecule has 0 aliphatic rings. The topological polar surface area (TPSA) is 86.8 Å². The Kier molecular flexibility index (Phi) is 11.2. The molecule has 9 heteroatoms. The third kappa shape index (κ3) is 8.82. The highest BCUT2D eigenvalue weighted by Gasteiger charge is 2.27. The summed E-state index contributed by atoms with van der Waals surface area (Å²) in [5.41, 5.74) is 3.27. The highest BCUT2D eigenvalue weighted by molar-refractivity contribution is 7.92. The first-order chi connectivity index (χ1) is 16.9. The van der Waals surface area contributed by atoms with Crippen LogP contribution in [0.2, 0.25) is 5.02 Å². The van der Waals surface area contributed by atoms with E-state index >= 15 is 0 Å². The molecule has 0 saturated carbocycles. The van der Waals surface area contributed by atoms with Gasteiger partial charge in [-0.2, -0.15) is 0 Å². The fourth-order valence-electron chi connectivity index (χ4n) is 3.96. The fraction of sp³-hybridized carbons (Fsp3) is 0.481. The van der Waals surface area contributed by atoms with Crippen LogP contribution in [0.1, 0.15) is 56.2 Å². The van der Waals surface area contributed by atoms with Crippen LogP contribution in [0.4, 0.5) is 5.69 Å². The SMILES string of the molecule is CCCCNC(=O)[C@H](C)N(Cc1cccc(C)c1)C(=O)CCCN(c1cc(Cl)ccc1C)S(C)(=O)=O. The quantitative estimate of drug-likeness (QED) is 0.372. The van der Waals surface area contributed by atoms with E-state index in [0.29, 0.717) is 30.2 Å². The lowest BCUT2D eigenvalue weighted by atomic mass is 10.1. The molecule has 0 aliphatic carbocycles. The minimum absolute atomic E-state index is 0.101. The summed E-state index contributed by atoms with van der Waals surface area (Å²) in [7, 11) is -3.59. The summed E-state index contributed by atoms with van der Waals surface area (Å²) >= 11 is 6.11. The first-order valence-electron chi connectivity index (χ1n) is 12.3. The molecule has 198 valence electrons. The number of halogens is 1. The Morgan fingerprint density at radius 2 is 1.81 bits per heavy atom. The van der Waals surface area contributed by atoms with Gasteiger partial charge in [-0.3, -0.25) is 13.9 Å². The molecule has 0 radical (unpaired) electrons. The number of benzene rings is 2. The number of hydrogen-bond donors (Lipinski definition) is 1. The highest BCUT2D eigenvalue weighted by atomic mass is 35.5. The number of amides is 2. The largest absolute Gasteiger partial charge is 0.354 e. The van der Waals surface area contributed by atoms with Crippen LogP contribution in [-0.2, 0) is 26.2 Å². The molecule has 0 aliphatic heterocycles. The van der Waals surface area contributed by atoms with E-state index in [0.717, 1.165) is 35.8 Å². The molecule has 0 bridgehead atoms. The van der Waals surface area contributed by atoms with Gasteiger partial charge in [0.2, 0.25) is 21.8 Å². The number of nitrogens with one attached hydrogen (secondary N) is 1. The second-order valence-electron chi connectivity index (χ2n) is 9.20. The van der Waals surface area contributed by atoms with Gasteiger partial charge >= 0.3 is 0 Å². The number of sulfonamides is 1. The van der Waals surface area contributed by atoms with E-state index in [9.17, 15) is 18.0 Å². The van der Waals surface area contributed by atoms with Gasteiger partial charge < -0.3 is 10.2 Å². The van der Waals surface area contributed by atoms with Gasteiger partial charge in [-0.15, -0.1) is 0 Å². The van der Waals surface area contributed by atoms with Crippen LogP contribution >= 0.6 is 11.6 Å². The van der Waals surface area contributed by atoms with Crippen LogP contribution < -0.4 is 9.62 Å². The minimum atomic E-state index is -3.59. The number of nitrogens with zero attached hydrogens (tertiary/aromatic N) is 2. The van der Waals surface area contributed by atoms with Crippen molar-refractivity contribution in [3.05, 3.63) is 64.2 Å². The van der Waals surface area contributed by atoms with Crippen LogP contribution in [0.25, 0.3) is 0 Å². The summed E-state index contributed by atoms with van der Waals surface area (Å²) in [5, 5.41) is 3.35. The van der Waals surface area contributed by atoms with Crippen LogP contribution in [0.5, 0.6) is 0 Å². The van der Waals surface area contributed by atoms with Crippen LogP contribution in [0, 0.1) is 13.8 Å². The summed E-state index contributed by atoms with van der Waals surface area (Å²) in [6, 6.07) is 12.3. The Bertz CT molecular complexity index is 1150. The van der Waals surface area contributed by atoms with Gasteiger partial charge in [0.1, 0.15) is 6.04 Å². The number of unbranched alkanes of at least 4 members (excludes halogenated alkanes) is 1. The van der Waals surface area contributed by atoms with Crippen molar-refractivity contribution in [1.82, 2.24) is 10.2 Å². The average Bonchev–Trinajstić information content (AvgIpc) is 2.81. The Labute approximate surface area is 220 Å². The Morgan fingerprint density at radius 1 is 1.08 bits per heavy atom. The summed E-state index contributed by atoms with van der Waals surface area (Å²) < 4.78 is 26.4. The van der Waals surface area contributed by atoms with E-state index in [2.05, 4.69) is 5.32 Å². The van der Waals surface area contributed by atoms with Crippen molar-refractivity contribution in [3.63, 3.8) is 0 Å². The van der Waals surface area contributed by atoms with Crippen LogP contribution in [0.15, 0.2) is 42.5 Å². The van der Waals surface area contributed by atoms with Crippen molar-refractivity contribution in [2.45, 2.75) is 66.0 Å². The molecule has 36 heavy (non-hydrogen) atoms. The van der Waals surface area contributed by atoms with Gasteiger partial charge in [-0.05, 0) is 56.9 Å². The summed E-state index contributed by atoms with van der Waals surface area (Å²) in [6.45, 7) is 8.56. The molecule has 2 aromatic rings. The number of hydrogen-bond acceptors (Lipinski definition) is 4. The molecular formula is C27H38ClN3O4S. The second-order valence-corrected chi connectivity index (χ2v) is 11.5. The van der Waals surface area contributed by atoms with Crippen molar-refractivity contribution in [2.75, 3.05) is 23.7 Å². The van der Waals surface area contributed by atoms with E-state index in [1.165, 1.54) is 4.31 Å². The number of rotatable bonds is 13. The molecule has 1 atom stereocenters. The van der Waals surface area contributed by atoms with Crippen molar-refractivity contribution in [2.24, 2.45) is 0 Å². The fourth-order valence-corrected chi connectivity index (χ4v) is 5.14. The van der Waals surface area contributed by atoms with Crippen LogP contribution in [-0.4, -0.2) is 50.5 Å². The predicted molar refractivity (Wildman–Crippen MR) is 147 cm³/mol. The van der Waals surface area contributed by atoms with Gasteiger partial charge in [-0.1, -0.05) is 60.8 Å². The zero-order valence-electron chi connectivity index (χ0n) is 21.9. The average molecular weight is 536 g/mol. The molecule has 1 N–H and O–H groups in total. The molecule has 0 unspecified atom stereocenters. The molecular weight excluding hydrogens is 498 g/mol. The highest BCUT2D eigenvalue weighted by Crippen LogP contribution is 2.27. The smallest absolute Gasteiger partial charge is 0.242 e. The lowest BCUT2D eigenvalue weighted by Gasteiger charge is -2.30. The molecule has 0 aromatic heterocycles. The van der Waals surface area contributed by atoms with E-state index < -0.39 is 16.1 Å². The maximum absolute atomic E-state index is 13.4. The van der Waals surface area contributed by atoms with Gasteiger partial charge in [-0.25, -0.2) is 8.42 Å². The molecule has 0 fully saturated rings. The minimum Gasteiger partial charge on any atom is -0.354 e. The number of aryl methyl sites for hydroxylation is 2. The molecule has 0 saturated heterocycles.